The Morgan fingerprint density at radius 1 is 1.04 bits per heavy atom. The minimum Gasteiger partial charge on any atom is -0.345 e. The zero-order valence-corrected chi connectivity index (χ0v) is 16.0. The summed E-state index contributed by atoms with van der Waals surface area (Å²) in [6.07, 6.45) is 0.623. The van der Waals surface area contributed by atoms with Crippen molar-refractivity contribution in [2.45, 2.75) is 13.3 Å². The van der Waals surface area contributed by atoms with Crippen LogP contribution in [0.5, 0.6) is 0 Å². The first kappa shape index (κ1) is 16.8. The summed E-state index contributed by atoms with van der Waals surface area (Å²) in [5, 5.41) is 1.90. The van der Waals surface area contributed by atoms with Gasteiger partial charge in [-0.05, 0) is 42.8 Å². The van der Waals surface area contributed by atoms with Crippen LogP contribution in [0.1, 0.15) is 17.1 Å². The lowest BCUT2D eigenvalue weighted by Gasteiger charge is -2.03. The molecule has 0 atom stereocenters. The molecule has 0 spiro atoms. The molecule has 6 heteroatoms. The average Bonchev–Trinajstić information content (AvgIpc) is 2.83. The summed E-state index contributed by atoms with van der Waals surface area (Å²) < 4.78 is 0.954. The van der Waals surface area contributed by atoms with Gasteiger partial charge < -0.3 is 4.98 Å². The molecule has 0 saturated carbocycles. The number of H-pyrrole nitrogens is 1. The number of imidazole rings is 1. The number of halogens is 4. The van der Waals surface area contributed by atoms with Crippen LogP contribution in [0, 0.1) is 6.92 Å². The van der Waals surface area contributed by atoms with Gasteiger partial charge >= 0.3 is 0 Å². The Labute approximate surface area is 157 Å². The van der Waals surface area contributed by atoms with E-state index in [1.165, 1.54) is 0 Å². The first-order valence-corrected chi connectivity index (χ1v) is 8.81. The predicted molar refractivity (Wildman–Crippen MR) is 101 cm³/mol. The molecule has 1 heterocycles. The molecule has 3 aromatic rings. The molecule has 0 amide bonds. The molecule has 118 valence electrons. The average molecular weight is 431 g/mol. The molecule has 0 aliphatic rings. The maximum Gasteiger partial charge on any atom is 0.111 e. The van der Waals surface area contributed by atoms with Gasteiger partial charge in [0.15, 0.2) is 0 Å². The van der Waals surface area contributed by atoms with Crippen molar-refractivity contribution in [3.63, 3.8) is 0 Å². The summed E-state index contributed by atoms with van der Waals surface area (Å²) >= 11 is 21.9. The van der Waals surface area contributed by atoms with Crippen molar-refractivity contribution in [1.82, 2.24) is 9.97 Å². The zero-order chi connectivity index (χ0) is 16.6. The number of rotatable bonds is 3. The van der Waals surface area contributed by atoms with Gasteiger partial charge in [-0.15, -0.1) is 0 Å². The highest BCUT2D eigenvalue weighted by Crippen LogP contribution is 2.32. The number of nitrogens with zero attached hydrogens (tertiary/aromatic N) is 1. The number of hydrogen-bond donors (Lipinski definition) is 1. The third-order valence-corrected chi connectivity index (χ3v) is 4.89. The fourth-order valence-electron chi connectivity index (χ4n) is 2.40. The second-order valence-electron chi connectivity index (χ2n) is 5.19. The Bertz CT molecular complexity index is 874. The van der Waals surface area contributed by atoms with Crippen LogP contribution in [0.3, 0.4) is 0 Å². The molecular weight excluding hydrogens is 418 g/mol. The number of benzene rings is 2. The molecule has 0 aliphatic carbocycles. The van der Waals surface area contributed by atoms with Crippen molar-refractivity contribution >= 4 is 50.7 Å². The SMILES string of the molecule is Cc1[nH]c(Cc2ccc(Br)cc2Cl)nc1-c1ccc(Cl)cc1Cl. The van der Waals surface area contributed by atoms with Gasteiger partial charge in [0.25, 0.3) is 0 Å². The van der Waals surface area contributed by atoms with Gasteiger partial charge in [-0.3, -0.25) is 0 Å². The summed E-state index contributed by atoms with van der Waals surface area (Å²) in [4.78, 5) is 7.98. The van der Waals surface area contributed by atoms with Gasteiger partial charge in [0.2, 0.25) is 0 Å². The van der Waals surface area contributed by atoms with E-state index < -0.39 is 0 Å². The van der Waals surface area contributed by atoms with Gasteiger partial charge in [-0.2, -0.15) is 0 Å². The minimum atomic E-state index is 0.584. The number of aromatic amines is 1. The molecule has 0 bridgehead atoms. The number of hydrogen-bond acceptors (Lipinski definition) is 1. The Kier molecular flexibility index (Phi) is 5.02. The Morgan fingerprint density at radius 3 is 2.52 bits per heavy atom. The standard InChI is InChI=1S/C17H12BrCl3N2/c1-9-17(13-5-4-12(19)8-15(13)21)23-16(22-9)6-10-2-3-11(18)7-14(10)20/h2-5,7-8H,6H2,1H3,(H,22,23). The van der Waals surface area contributed by atoms with Gasteiger partial charge in [0.05, 0.1) is 10.7 Å². The third kappa shape index (κ3) is 3.74. The van der Waals surface area contributed by atoms with Crippen molar-refractivity contribution in [1.29, 1.82) is 0 Å². The number of nitrogens with one attached hydrogen (secondary N) is 1. The monoisotopic (exact) mass is 428 g/mol. The lowest BCUT2D eigenvalue weighted by molar-refractivity contribution is 1.02. The molecule has 3 rings (SSSR count). The Morgan fingerprint density at radius 2 is 1.83 bits per heavy atom. The third-order valence-electron chi connectivity index (χ3n) is 3.49. The van der Waals surface area contributed by atoms with Gasteiger partial charge in [0.1, 0.15) is 5.82 Å². The van der Waals surface area contributed by atoms with Gasteiger partial charge in [-0.1, -0.05) is 56.8 Å². The summed E-state index contributed by atoms with van der Waals surface area (Å²) in [6, 6.07) is 11.2. The van der Waals surface area contributed by atoms with Crippen LogP contribution in [-0.2, 0) is 6.42 Å². The maximum absolute atomic E-state index is 6.28. The molecule has 2 nitrogen and oxygen atoms in total. The van der Waals surface area contributed by atoms with Crippen LogP contribution in [0.25, 0.3) is 11.3 Å². The lowest BCUT2D eigenvalue weighted by atomic mass is 10.1. The van der Waals surface area contributed by atoms with E-state index in [1.54, 1.807) is 6.07 Å². The van der Waals surface area contributed by atoms with E-state index in [9.17, 15) is 0 Å². The normalized spacial score (nSPS) is 11.0. The topological polar surface area (TPSA) is 28.7 Å². The fraction of sp³-hybridized carbons (Fsp3) is 0.118. The molecule has 0 radical (unpaired) electrons. The summed E-state index contributed by atoms with van der Waals surface area (Å²) in [5.41, 5.74) is 3.66. The van der Waals surface area contributed by atoms with Crippen molar-refractivity contribution in [3.05, 3.63) is 73.0 Å². The summed E-state index contributed by atoms with van der Waals surface area (Å²) in [6.45, 7) is 1.97. The lowest BCUT2D eigenvalue weighted by Crippen LogP contribution is -1.92. The molecule has 0 saturated heterocycles. The molecule has 0 aliphatic heterocycles. The summed E-state index contributed by atoms with van der Waals surface area (Å²) in [5.74, 6) is 0.840. The van der Waals surface area contributed by atoms with Crippen molar-refractivity contribution in [3.8, 4) is 11.3 Å². The van der Waals surface area contributed by atoms with E-state index in [4.69, 9.17) is 34.8 Å². The fourth-order valence-corrected chi connectivity index (χ4v) is 3.63. The van der Waals surface area contributed by atoms with Crippen molar-refractivity contribution in [2.24, 2.45) is 0 Å². The highest BCUT2D eigenvalue weighted by molar-refractivity contribution is 9.10. The molecule has 23 heavy (non-hydrogen) atoms. The van der Waals surface area contributed by atoms with Crippen LogP contribution < -0.4 is 0 Å². The summed E-state index contributed by atoms with van der Waals surface area (Å²) in [7, 11) is 0. The van der Waals surface area contributed by atoms with E-state index in [1.807, 2.05) is 37.3 Å². The van der Waals surface area contributed by atoms with E-state index in [0.29, 0.717) is 21.5 Å². The maximum atomic E-state index is 6.28. The zero-order valence-electron chi connectivity index (χ0n) is 12.1. The van der Waals surface area contributed by atoms with E-state index in [-0.39, 0.29) is 0 Å². The molecular formula is C17H12BrCl3N2. The number of aryl methyl sites for hydroxylation is 1. The van der Waals surface area contributed by atoms with Gasteiger partial charge in [-0.25, -0.2) is 4.98 Å². The highest BCUT2D eigenvalue weighted by atomic mass is 79.9. The highest BCUT2D eigenvalue weighted by Gasteiger charge is 2.13. The minimum absolute atomic E-state index is 0.584. The van der Waals surface area contributed by atoms with E-state index in [0.717, 1.165) is 32.8 Å². The first-order chi connectivity index (χ1) is 10.9. The van der Waals surface area contributed by atoms with Crippen LogP contribution >= 0.6 is 50.7 Å². The smallest absolute Gasteiger partial charge is 0.111 e. The largest absolute Gasteiger partial charge is 0.345 e. The molecule has 0 unspecified atom stereocenters. The van der Waals surface area contributed by atoms with Crippen molar-refractivity contribution < 1.29 is 0 Å². The van der Waals surface area contributed by atoms with Crippen LogP contribution in [0.4, 0.5) is 0 Å². The van der Waals surface area contributed by atoms with E-state index >= 15 is 0 Å². The van der Waals surface area contributed by atoms with Crippen LogP contribution in [0.2, 0.25) is 15.1 Å². The number of aromatic nitrogens is 2. The first-order valence-electron chi connectivity index (χ1n) is 6.89. The van der Waals surface area contributed by atoms with Crippen LogP contribution in [0.15, 0.2) is 40.9 Å². The van der Waals surface area contributed by atoms with Crippen LogP contribution in [-0.4, -0.2) is 9.97 Å². The van der Waals surface area contributed by atoms with E-state index in [2.05, 4.69) is 25.9 Å². The predicted octanol–water partition coefficient (Wildman–Crippen LogP) is 6.70. The van der Waals surface area contributed by atoms with Gasteiger partial charge in [0, 0.05) is 32.2 Å². The van der Waals surface area contributed by atoms with Crippen molar-refractivity contribution in [2.75, 3.05) is 0 Å². The molecule has 1 aromatic heterocycles. The molecule has 0 fully saturated rings. The molecule has 2 aromatic carbocycles. The second kappa shape index (κ2) is 6.86. The molecule has 1 N–H and O–H groups in total. The Hall–Kier alpha value is -1.000. The Balaban J connectivity index is 1.94. The second-order valence-corrected chi connectivity index (χ2v) is 7.36. The quantitative estimate of drug-likeness (QED) is 0.492.